The Hall–Kier alpha value is -0.460. The summed E-state index contributed by atoms with van der Waals surface area (Å²) in [6, 6.07) is 0.608. The average molecular weight is 299 g/mol. The van der Waals surface area contributed by atoms with Crippen LogP contribution in [-0.2, 0) is 4.74 Å². The molecule has 6 heteroatoms. The highest BCUT2D eigenvalue weighted by Gasteiger charge is 2.42. The van der Waals surface area contributed by atoms with Crippen molar-refractivity contribution in [2.45, 2.75) is 43.7 Å². The average Bonchev–Trinajstić information content (AvgIpc) is 2.94. The Balaban J connectivity index is 1.63. The highest BCUT2D eigenvalue weighted by atomic mass is 32.2. The molecule has 0 amide bonds. The predicted octanol–water partition coefficient (Wildman–Crippen LogP) is 1.50. The number of hydrogen-bond donors (Lipinski definition) is 2. The van der Waals surface area contributed by atoms with Gasteiger partial charge in [-0.1, -0.05) is 5.16 Å². The third-order valence-corrected chi connectivity index (χ3v) is 6.26. The standard InChI is InChI=1S/C14H25N3O2S/c15-13(16-18)11-2-1-5-17(9-11)12-3-6-19-14(8-12)4-7-20-10-14/h11-12,18H,1-10H2,(H2,15,16). The van der Waals surface area contributed by atoms with E-state index >= 15 is 0 Å². The van der Waals surface area contributed by atoms with Gasteiger partial charge in [-0.3, -0.25) is 4.90 Å². The van der Waals surface area contributed by atoms with Crippen LogP contribution in [-0.4, -0.2) is 58.8 Å². The Morgan fingerprint density at radius 3 is 3.10 bits per heavy atom. The molecule has 20 heavy (non-hydrogen) atoms. The number of piperidine rings is 1. The molecule has 3 rings (SSSR count). The summed E-state index contributed by atoms with van der Waals surface area (Å²) in [5.41, 5.74) is 5.94. The summed E-state index contributed by atoms with van der Waals surface area (Å²) < 4.78 is 6.11. The number of ether oxygens (including phenoxy) is 1. The Bertz CT molecular complexity index is 371. The summed E-state index contributed by atoms with van der Waals surface area (Å²) in [6.07, 6.45) is 5.65. The van der Waals surface area contributed by atoms with Gasteiger partial charge in [0.15, 0.2) is 0 Å². The topological polar surface area (TPSA) is 71.1 Å². The van der Waals surface area contributed by atoms with Gasteiger partial charge in [0.2, 0.25) is 0 Å². The normalized spacial score (nSPS) is 40.3. The van der Waals surface area contributed by atoms with Crippen molar-refractivity contribution < 1.29 is 9.94 Å². The molecule has 3 aliphatic rings. The van der Waals surface area contributed by atoms with Crippen LogP contribution in [0.25, 0.3) is 0 Å². The molecule has 0 bridgehead atoms. The molecule has 3 saturated heterocycles. The van der Waals surface area contributed by atoms with Crippen molar-refractivity contribution in [3.8, 4) is 0 Å². The molecular formula is C14H25N3O2S. The molecule has 114 valence electrons. The van der Waals surface area contributed by atoms with Crippen LogP contribution >= 0.6 is 11.8 Å². The van der Waals surface area contributed by atoms with Gasteiger partial charge in [0.1, 0.15) is 5.84 Å². The van der Waals surface area contributed by atoms with Crippen molar-refractivity contribution in [2.75, 3.05) is 31.2 Å². The predicted molar refractivity (Wildman–Crippen MR) is 81.4 cm³/mol. The number of nitrogens with two attached hydrogens (primary N) is 1. The molecule has 0 saturated carbocycles. The molecule has 3 fully saturated rings. The minimum absolute atomic E-state index is 0.136. The first kappa shape index (κ1) is 14.5. The summed E-state index contributed by atoms with van der Waals surface area (Å²) in [7, 11) is 0. The molecule has 1 spiro atoms. The first-order valence-corrected chi connectivity index (χ1v) is 8.81. The first-order valence-electron chi connectivity index (χ1n) is 7.66. The molecule has 5 nitrogen and oxygen atoms in total. The van der Waals surface area contributed by atoms with Crippen LogP contribution in [0.2, 0.25) is 0 Å². The zero-order valence-corrected chi connectivity index (χ0v) is 12.8. The van der Waals surface area contributed by atoms with Crippen molar-refractivity contribution in [3.63, 3.8) is 0 Å². The molecule has 3 atom stereocenters. The van der Waals surface area contributed by atoms with Crippen molar-refractivity contribution in [1.29, 1.82) is 0 Å². The van der Waals surface area contributed by atoms with E-state index in [9.17, 15) is 0 Å². The molecular weight excluding hydrogens is 274 g/mol. The van der Waals surface area contributed by atoms with E-state index in [1.54, 1.807) is 0 Å². The van der Waals surface area contributed by atoms with Gasteiger partial charge in [0, 0.05) is 30.9 Å². The van der Waals surface area contributed by atoms with Gasteiger partial charge in [-0.2, -0.15) is 11.8 Å². The second-order valence-corrected chi connectivity index (χ2v) is 7.44. The lowest BCUT2D eigenvalue weighted by Gasteiger charge is -2.45. The van der Waals surface area contributed by atoms with Crippen LogP contribution in [0, 0.1) is 5.92 Å². The van der Waals surface area contributed by atoms with E-state index in [4.69, 9.17) is 15.7 Å². The molecule has 0 aromatic carbocycles. The van der Waals surface area contributed by atoms with Gasteiger partial charge >= 0.3 is 0 Å². The highest BCUT2D eigenvalue weighted by Crippen LogP contribution is 2.40. The van der Waals surface area contributed by atoms with Gasteiger partial charge in [0.05, 0.1) is 5.60 Å². The Morgan fingerprint density at radius 2 is 2.35 bits per heavy atom. The van der Waals surface area contributed by atoms with Crippen LogP contribution in [0.5, 0.6) is 0 Å². The summed E-state index contributed by atoms with van der Waals surface area (Å²) in [5.74, 6) is 3.00. The molecule has 3 heterocycles. The van der Waals surface area contributed by atoms with E-state index < -0.39 is 0 Å². The second-order valence-electron chi connectivity index (χ2n) is 6.34. The fourth-order valence-corrected chi connectivity index (χ4v) is 5.22. The molecule has 0 aromatic heterocycles. The monoisotopic (exact) mass is 299 g/mol. The molecule has 0 aliphatic carbocycles. The van der Waals surface area contributed by atoms with Crippen LogP contribution in [0.3, 0.4) is 0 Å². The number of hydrogen-bond acceptors (Lipinski definition) is 5. The van der Waals surface area contributed by atoms with Gasteiger partial charge < -0.3 is 15.7 Å². The number of oxime groups is 1. The van der Waals surface area contributed by atoms with Crippen LogP contribution in [0.4, 0.5) is 0 Å². The van der Waals surface area contributed by atoms with E-state index in [0.29, 0.717) is 11.9 Å². The van der Waals surface area contributed by atoms with E-state index in [1.165, 1.54) is 12.2 Å². The molecule has 0 aromatic rings. The van der Waals surface area contributed by atoms with E-state index in [-0.39, 0.29) is 11.5 Å². The van der Waals surface area contributed by atoms with Gasteiger partial charge in [-0.25, -0.2) is 0 Å². The molecule has 3 unspecified atom stereocenters. The maximum absolute atomic E-state index is 8.87. The number of amidine groups is 1. The number of thioether (sulfide) groups is 1. The largest absolute Gasteiger partial charge is 0.409 e. The zero-order chi connectivity index (χ0) is 14.0. The minimum atomic E-state index is 0.136. The highest BCUT2D eigenvalue weighted by molar-refractivity contribution is 7.99. The lowest BCUT2D eigenvalue weighted by Crippen LogP contribution is -2.52. The van der Waals surface area contributed by atoms with Crippen LogP contribution in [0.1, 0.15) is 32.1 Å². The minimum Gasteiger partial charge on any atom is -0.409 e. The van der Waals surface area contributed by atoms with E-state index in [2.05, 4.69) is 10.1 Å². The van der Waals surface area contributed by atoms with Crippen molar-refractivity contribution in [1.82, 2.24) is 4.90 Å². The molecule has 3 aliphatic heterocycles. The van der Waals surface area contributed by atoms with Gasteiger partial charge in [-0.15, -0.1) is 0 Å². The lowest BCUT2D eigenvalue weighted by molar-refractivity contribution is -0.0926. The lowest BCUT2D eigenvalue weighted by atomic mass is 9.87. The summed E-state index contributed by atoms with van der Waals surface area (Å²) in [5, 5.41) is 12.1. The molecule has 3 N–H and O–H groups in total. The van der Waals surface area contributed by atoms with Crippen molar-refractivity contribution in [2.24, 2.45) is 16.8 Å². The summed E-state index contributed by atoms with van der Waals surface area (Å²) in [4.78, 5) is 2.56. The van der Waals surface area contributed by atoms with Gasteiger partial charge in [0.25, 0.3) is 0 Å². The number of rotatable bonds is 2. The zero-order valence-electron chi connectivity index (χ0n) is 12.0. The molecule has 0 radical (unpaired) electrons. The summed E-state index contributed by atoms with van der Waals surface area (Å²) >= 11 is 2.02. The SMILES string of the molecule is NC(=NO)C1CCCN(C2CCOC3(CCSC3)C2)C1. The third kappa shape index (κ3) is 2.92. The van der Waals surface area contributed by atoms with Crippen LogP contribution in [0.15, 0.2) is 5.16 Å². The maximum atomic E-state index is 8.87. The van der Waals surface area contributed by atoms with Crippen molar-refractivity contribution in [3.05, 3.63) is 0 Å². The van der Waals surface area contributed by atoms with Crippen molar-refractivity contribution >= 4 is 17.6 Å². The quantitative estimate of drug-likeness (QED) is 0.350. The Kier molecular flexibility index (Phi) is 4.43. The van der Waals surface area contributed by atoms with E-state index in [0.717, 1.165) is 51.1 Å². The maximum Gasteiger partial charge on any atom is 0.143 e. The number of nitrogens with zero attached hydrogens (tertiary/aromatic N) is 2. The third-order valence-electron chi connectivity index (χ3n) is 5.04. The Morgan fingerprint density at radius 1 is 1.45 bits per heavy atom. The number of likely N-dealkylation sites (tertiary alicyclic amines) is 1. The fraction of sp³-hybridized carbons (Fsp3) is 0.929. The van der Waals surface area contributed by atoms with Gasteiger partial charge in [-0.05, 0) is 44.4 Å². The fourth-order valence-electron chi connectivity index (χ4n) is 3.84. The Labute approximate surface area is 124 Å². The summed E-state index contributed by atoms with van der Waals surface area (Å²) in [6.45, 7) is 2.96. The van der Waals surface area contributed by atoms with Crippen LogP contribution < -0.4 is 5.73 Å². The van der Waals surface area contributed by atoms with E-state index in [1.807, 2.05) is 11.8 Å². The smallest absolute Gasteiger partial charge is 0.143 e. The first-order chi connectivity index (χ1) is 9.72. The second kappa shape index (κ2) is 6.12.